The van der Waals surface area contributed by atoms with Crippen LogP contribution in [-0.2, 0) is 4.79 Å². The third-order valence-corrected chi connectivity index (χ3v) is 3.86. The summed E-state index contributed by atoms with van der Waals surface area (Å²) in [5.74, 6) is 0.731. The van der Waals surface area contributed by atoms with Crippen molar-refractivity contribution in [1.82, 2.24) is 10.2 Å². The summed E-state index contributed by atoms with van der Waals surface area (Å²) in [7, 11) is 1.90. The maximum Gasteiger partial charge on any atom is 0.234 e. The van der Waals surface area contributed by atoms with Crippen LogP contribution >= 0.6 is 11.6 Å². The number of ether oxygens (including phenoxy) is 1. The Balaban J connectivity index is 1.69. The van der Waals surface area contributed by atoms with E-state index in [0.717, 1.165) is 11.3 Å². The number of likely N-dealkylation sites (N-methyl/N-ethyl adjacent to an activating group) is 1. The lowest BCUT2D eigenvalue weighted by Gasteiger charge is -2.19. The predicted molar refractivity (Wildman–Crippen MR) is 97.4 cm³/mol. The molecule has 4 nitrogen and oxygen atoms in total. The molecule has 0 aromatic heterocycles. The molecule has 2 aromatic rings. The van der Waals surface area contributed by atoms with Gasteiger partial charge in [0, 0.05) is 11.6 Å². The van der Waals surface area contributed by atoms with Crippen molar-refractivity contribution in [2.75, 3.05) is 26.7 Å². The van der Waals surface area contributed by atoms with Gasteiger partial charge in [-0.15, -0.1) is 0 Å². The Bertz CT molecular complexity index is 649. The zero-order valence-electron chi connectivity index (χ0n) is 14.0. The number of benzene rings is 2. The summed E-state index contributed by atoms with van der Waals surface area (Å²) in [6.45, 7) is 3.46. The highest BCUT2D eigenvalue weighted by Gasteiger charge is 2.11. The van der Waals surface area contributed by atoms with Crippen molar-refractivity contribution in [2.24, 2.45) is 0 Å². The molecule has 0 aliphatic rings. The summed E-state index contributed by atoms with van der Waals surface area (Å²) in [4.78, 5) is 14.0. The van der Waals surface area contributed by atoms with Crippen molar-refractivity contribution in [3.63, 3.8) is 0 Å². The fourth-order valence-electron chi connectivity index (χ4n) is 2.31. The molecule has 0 aliphatic heterocycles. The third kappa shape index (κ3) is 6.22. The van der Waals surface area contributed by atoms with Gasteiger partial charge in [0.25, 0.3) is 0 Å². The van der Waals surface area contributed by atoms with E-state index in [2.05, 4.69) is 5.32 Å². The van der Waals surface area contributed by atoms with Gasteiger partial charge in [0.1, 0.15) is 12.4 Å². The maximum atomic E-state index is 12.1. The van der Waals surface area contributed by atoms with Crippen LogP contribution in [0.1, 0.15) is 18.5 Å². The standard InChI is InChI=1S/C19H23ClN2O2/c1-15(16-7-4-3-5-8-16)21-19(23)14-22(2)11-12-24-18-10-6-9-17(20)13-18/h3-10,13,15H,11-12,14H2,1-2H3,(H,21,23). The zero-order valence-corrected chi connectivity index (χ0v) is 14.8. The van der Waals surface area contributed by atoms with Gasteiger partial charge in [0.2, 0.25) is 5.91 Å². The van der Waals surface area contributed by atoms with Gasteiger partial charge in [-0.25, -0.2) is 0 Å². The number of hydrogen-bond donors (Lipinski definition) is 1. The Morgan fingerprint density at radius 3 is 2.67 bits per heavy atom. The molecule has 1 atom stereocenters. The minimum Gasteiger partial charge on any atom is -0.492 e. The first kappa shape index (κ1) is 18.3. The molecule has 24 heavy (non-hydrogen) atoms. The average molecular weight is 347 g/mol. The predicted octanol–water partition coefficient (Wildman–Crippen LogP) is 3.53. The summed E-state index contributed by atoms with van der Waals surface area (Å²) in [5, 5.41) is 3.65. The fraction of sp³-hybridized carbons (Fsp3) is 0.316. The van der Waals surface area contributed by atoms with Crippen LogP contribution in [0.5, 0.6) is 5.75 Å². The van der Waals surface area contributed by atoms with Crippen LogP contribution in [-0.4, -0.2) is 37.6 Å². The second-order valence-corrected chi connectivity index (χ2v) is 6.18. The third-order valence-electron chi connectivity index (χ3n) is 3.63. The van der Waals surface area contributed by atoms with Crippen LogP contribution in [0.25, 0.3) is 0 Å². The molecule has 1 unspecified atom stereocenters. The van der Waals surface area contributed by atoms with Crippen molar-refractivity contribution in [1.29, 1.82) is 0 Å². The van der Waals surface area contributed by atoms with Gasteiger partial charge in [0.05, 0.1) is 12.6 Å². The van der Waals surface area contributed by atoms with Gasteiger partial charge in [-0.2, -0.15) is 0 Å². The molecule has 128 valence electrons. The molecule has 5 heteroatoms. The highest BCUT2D eigenvalue weighted by atomic mass is 35.5. The summed E-state index contributed by atoms with van der Waals surface area (Å²) in [6.07, 6.45) is 0. The molecular weight excluding hydrogens is 324 g/mol. The largest absolute Gasteiger partial charge is 0.492 e. The van der Waals surface area contributed by atoms with Crippen molar-refractivity contribution in [3.05, 3.63) is 65.2 Å². The van der Waals surface area contributed by atoms with Gasteiger partial charge in [0.15, 0.2) is 0 Å². The molecule has 1 N–H and O–H groups in total. The van der Waals surface area contributed by atoms with E-state index in [4.69, 9.17) is 16.3 Å². The normalized spacial score (nSPS) is 12.0. The first-order chi connectivity index (χ1) is 11.5. The lowest BCUT2D eigenvalue weighted by Crippen LogP contribution is -2.38. The highest BCUT2D eigenvalue weighted by Crippen LogP contribution is 2.16. The summed E-state index contributed by atoms with van der Waals surface area (Å²) < 4.78 is 5.63. The number of hydrogen-bond acceptors (Lipinski definition) is 3. The van der Waals surface area contributed by atoms with Crippen LogP contribution in [0, 0.1) is 0 Å². The highest BCUT2D eigenvalue weighted by molar-refractivity contribution is 6.30. The molecule has 0 fully saturated rings. The number of halogens is 1. The molecule has 0 saturated heterocycles. The van der Waals surface area contributed by atoms with E-state index in [1.165, 1.54) is 0 Å². The molecule has 0 heterocycles. The minimum absolute atomic E-state index is 0.00314. The monoisotopic (exact) mass is 346 g/mol. The number of nitrogens with one attached hydrogen (secondary N) is 1. The second kappa shape index (κ2) is 9.30. The Kier molecular flexibility index (Phi) is 7.09. The molecule has 0 aliphatic carbocycles. The molecule has 0 saturated carbocycles. The van der Waals surface area contributed by atoms with Crippen molar-refractivity contribution in [3.8, 4) is 5.75 Å². The van der Waals surface area contributed by atoms with E-state index >= 15 is 0 Å². The Morgan fingerprint density at radius 2 is 1.96 bits per heavy atom. The molecule has 1 amide bonds. The molecule has 0 radical (unpaired) electrons. The number of rotatable bonds is 8. The van der Waals surface area contributed by atoms with E-state index in [0.29, 0.717) is 24.7 Å². The lowest BCUT2D eigenvalue weighted by molar-refractivity contribution is -0.122. The molecule has 2 rings (SSSR count). The summed E-state index contributed by atoms with van der Waals surface area (Å²) in [6, 6.07) is 17.2. The lowest BCUT2D eigenvalue weighted by atomic mass is 10.1. The van der Waals surface area contributed by atoms with Gasteiger partial charge < -0.3 is 10.1 Å². The molecule has 0 spiro atoms. The van der Waals surface area contributed by atoms with Crippen LogP contribution in [0.4, 0.5) is 0 Å². The van der Waals surface area contributed by atoms with Crippen LogP contribution in [0.15, 0.2) is 54.6 Å². The van der Waals surface area contributed by atoms with Crippen molar-refractivity contribution >= 4 is 17.5 Å². The quantitative estimate of drug-likeness (QED) is 0.795. The minimum atomic E-state index is -0.00480. The first-order valence-corrected chi connectivity index (χ1v) is 8.33. The summed E-state index contributed by atoms with van der Waals surface area (Å²) >= 11 is 5.91. The van der Waals surface area contributed by atoms with Gasteiger partial charge in [-0.1, -0.05) is 48.0 Å². The SMILES string of the molecule is CC(NC(=O)CN(C)CCOc1cccc(Cl)c1)c1ccccc1. The molecule has 0 bridgehead atoms. The first-order valence-electron chi connectivity index (χ1n) is 7.96. The maximum absolute atomic E-state index is 12.1. The Morgan fingerprint density at radius 1 is 1.21 bits per heavy atom. The summed E-state index contributed by atoms with van der Waals surface area (Å²) in [5.41, 5.74) is 1.10. The van der Waals surface area contributed by atoms with E-state index in [1.807, 2.05) is 61.3 Å². The van der Waals surface area contributed by atoms with Crippen LogP contribution in [0.2, 0.25) is 5.02 Å². The number of nitrogens with zero attached hydrogens (tertiary/aromatic N) is 1. The Hall–Kier alpha value is -2.04. The smallest absolute Gasteiger partial charge is 0.234 e. The topological polar surface area (TPSA) is 41.6 Å². The van der Waals surface area contributed by atoms with Crippen molar-refractivity contribution in [2.45, 2.75) is 13.0 Å². The Labute approximate surface area is 148 Å². The van der Waals surface area contributed by atoms with E-state index in [1.54, 1.807) is 12.1 Å². The fourth-order valence-corrected chi connectivity index (χ4v) is 2.49. The van der Waals surface area contributed by atoms with Crippen LogP contribution in [0.3, 0.4) is 0 Å². The number of carbonyl (C=O) groups excluding carboxylic acids is 1. The van der Waals surface area contributed by atoms with Crippen LogP contribution < -0.4 is 10.1 Å². The average Bonchev–Trinajstić information content (AvgIpc) is 2.55. The number of amides is 1. The molecular formula is C19H23ClN2O2. The van der Waals surface area contributed by atoms with E-state index < -0.39 is 0 Å². The second-order valence-electron chi connectivity index (χ2n) is 5.74. The molecule has 2 aromatic carbocycles. The number of carbonyl (C=O) groups is 1. The van der Waals surface area contributed by atoms with E-state index in [9.17, 15) is 4.79 Å². The van der Waals surface area contributed by atoms with Gasteiger partial charge in [-0.05, 0) is 37.7 Å². The van der Waals surface area contributed by atoms with Crippen molar-refractivity contribution < 1.29 is 9.53 Å². The zero-order chi connectivity index (χ0) is 17.4. The van der Waals surface area contributed by atoms with Gasteiger partial charge in [-0.3, -0.25) is 9.69 Å². The van der Waals surface area contributed by atoms with Gasteiger partial charge >= 0.3 is 0 Å². The van der Waals surface area contributed by atoms with E-state index in [-0.39, 0.29) is 11.9 Å².